The van der Waals surface area contributed by atoms with Gasteiger partial charge in [0.2, 0.25) is 0 Å². The van der Waals surface area contributed by atoms with Crippen molar-refractivity contribution in [2.45, 2.75) is 18.7 Å². The van der Waals surface area contributed by atoms with Gasteiger partial charge in [0, 0.05) is 5.33 Å². The van der Waals surface area contributed by atoms with Crippen LogP contribution in [-0.2, 0) is 18.7 Å². The third-order valence-electron chi connectivity index (χ3n) is 1.71. The lowest BCUT2D eigenvalue weighted by molar-refractivity contribution is 0.454. The molecule has 0 spiro atoms. The van der Waals surface area contributed by atoms with Gasteiger partial charge in [-0.2, -0.15) is 0 Å². The van der Waals surface area contributed by atoms with Crippen LogP contribution in [0.5, 0.6) is 0 Å². The number of hydrogen-bond donors (Lipinski definition) is 0. The second-order valence-corrected chi connectivity index (χ2v) is 3.06. The number of rotatable bonds is 3. The lowest BCUT2D eigenvalue weighted by Crippen LogP contribution is -1.90. The Hall–Kier alpha value is -0.440. The molecular weight excluding hydrogens is 226 g/mol. The Morgan fingerprint density at radius 2 is 1.75 bits per heavy atom. The van der Waals surface area contributed by atoms with Gasteiger partial charge in [0.15, 0.2) is 0 Å². The molecule has 0 aliphatic heterocycles. The van der Waals surface area contributed by atoms with Crippen molar-refractivity contribution >= 4 is 15.9 Å². The van der Waals surface area contributed by atoms with Gasteiger partial charge in [-0.05, 0) is 16.7 Å². The van der Waals surface area contributed by atoms with Crippen LogP contribution in [0.4, 0.5) is 8.78 Å². The average molecular weight is 235 g/mol. The second-order valence-electron chi connectivity index (χ2n) is 2.50. The Kier molecular flexibility index (Phi) is 3.66. The molecule has 0 aromatic heterocycles. The van der Waals surface area contributed by atoms with Gasteiger partial charge in [-0.15, -0.1) is 0 Å². The Bertz CT molecular complexity index is 261. The van der Waals surface area contributed by atoms with E-state index >= 15 is 0 Å². The van der Waals surface area contributed by atoms with E-state index in [2.05, 4.69) is 15.9 Å². The summed E-state index contributed by atoms with van der Waals surface area (Å²) in [5.41, 5.74) is 1.87. The third kappa shape index (κ3) is 2.03. The summed E-state index contributed by atoms with van der Waals surface area (Å²) in [6.07, 6.45) is 0. The molecular formula is C9H9BrF2. The quantitative estimate of drug-likeness (QED) is 0.703. The van der Waals surface area contributed by atoms with Crippen LogP contribution in [-0.4, -0.2) is 0 Å². The van der Waals surface area contributed by atoms with E-state index in [4.69, 9.17) is 0 Å². The SMILES string of the molecule is FCc1ccc(CBr)cc1CF. The van der Waals surface area contributed by atoms with Gasteiger partial charge in [0.25, 0.3) is 0 Å². The van der Waals surface area contributed by atoms with Crippen LogP contribution in [0.15, 0.2) is 18.2 Å². The van der Waals surface area contributed by atoms with E-state index in [-0.39, 0.29) is 0 Å². The molecule has 0 unspecified atom stereocenters. The molecule has 0 radical (unpaired) electrons. The minimum atomic E-state index is -0.597. The molecule has 0 saturated carbocycles. The zero-order chi connectivity index (χ0) is 8.97. The standard InChI is InChI=1S/C9H9BrF2/c10-4-7-1-2-8(5-11)9(3-7)6-12/h1-3H,4-6H2. The molecule has 0 amide bonds. The lowest BCUT2D eigenvalue weighted by Gasteiger charge is -2.03. The summed E-state index contributed by atoms with van der Waals surface area (Å²) in [4.78, 5) is 0. The van der Waals surface area contributed by atoms with Gasteiger partial charge < -0.3 is 0 Å². The lowest BCUT2D eigenvalue weighted by atomic mass is 10.1. The molecule has 1 aromatic carbocycles. The smallest absolute Gasteiger partial charge is 0.115 e. The van der Waals surface area contributed by atoms with Crippen LogP contribution >= 0.6 is 15.9 Å². The van der Waals surface area contributed by atoms with E-state index in [0.29, 0.717) is 16.5 Å². The molecule has 0 aliphatic carbocycles. The molecule has 0 bridgehead atoms. The van der Waals surface area contributed by atoms with Gasteiger partial charge in [-0.3, -0.25) is 0 Å². The van der Waals surface area contributed by atoms with E-state index in [1.165, 1.54) is 0 Å². The van der Waals surface area contributed by atoms with Gasteiger partial charge in [0.05, 0.1) is 0 Å². The van der Waals surface area contributed by atoms with Crippen molar-refractivity contribution in [3.05, 3.63) is 34.9 Å². The molecule has 0 aliphatic rings. The summed E-state index contributed by atoms with van der Waals surface area (Å²) in [6, 6.07) is 5.11. The molecule has 0 nitrogen and oxygen atoms in total. The van der Waals surface area contributed by atoms with Crippen molar-refractivity contribution in [2.24, 2.45) is 0 Å². The summed E-state index contributed by atoms with van der Waals surface area (Å²) in [5.74, 6) is 0. The highest BCUT2D eigenvalue weighted by Crippen LogP contribution is 2.16. The zero-order valence-electron chi connectivity index (χ0n) is 6.49. The summed E-state index contributed by atoms with van der Waals surface area (Å²) < 4.78 is 24.5. The molecule has 3 heteroatoms. The van der Waals surface area contributed by atoms with Crippen molar-refractivity contribution in [1.82, 2.24) is 0 Å². The van der Waals surface area contributed by atoms with Crippen LogP contribution in [0.1, 0.15) is 16.7 Å². The topological polar surface area (TPSA) is 0 Å². The first-order chi connectivity index (χ1) is 5.81. The third-order valence-corrected chi connectivity index (χ3v) is 2.36. The predicted molar refractivity (Wildman–Crippen MR) is 48.7 cm³/mol. The summed E-state index contributed by atoms with van der Waals surface area (Å²) >= 11 is 3.25. The Morgan fingerprint density at radius 1 is 1.08 bits per heavy atom. The maximum Gasteiger partial charge on any atom is 0.115 e. The van der Waals surface area contributed by atoms with Crippen LogP contribution < -0.4 is 0 Å². The molecule has 12 heavy (non-hydrogen) atoms. The summed E-state index contributed by atoms with van der Waals surface area (Å²) in [6.45, 7) is -1.19. The summed E-state index contributed by atoms with van der Waals surface area (Å²) in [5, 5.41) is 0.673. The zero-order valence-corrected chi connectivity index (χ0v) is 8.07. The highest BCUT2D eigenvalue weighted by atomic mass is 79.9. The fourth-order valence-corrected chi connectivity index (χ4v) is 1.37. The maximum absolute atomic E-state index is 12.3. The fourth-order valence-electron chi connectivity index (χ4n) is 1.02. The number of halogens is 3. The van der Waals surface area contributed by atoms with E-state index in [1.807, 2.05) is 0 Å². The van der Waals surface area contributed by atoms with E-state index < -0.39 is 13.3 Å². The van der Waals surface area contributed by atoms with Crippen LogP contribution in [0.25, 0.3) is 0 Å². The highest BCUT2D eigenvalue weighted by Gasteiger charge is 2.02. The average Bonchev–Trinajstić information content (AvgIpc) is 2.16. The minimum absolute atomic E-state index is 0.446. The van der Waals surface area contributed by atoms with Crippen LogP contribution in [0.2, 0.25) is 0 Å². The van der Waals surface area contributed by atoms with Gasteiger partial charge in [-0.25, -0.2) is 8.78 Å². The van der Waals surface area contributed by atoms with E-state index in [0.717, 1.165) is 5.56 Å². The highest BCUT2D eigenvalue weighted by molar-refractivity contribution is 9.08. The van der Waals surface area contributed by atoms with Crippen molar-refractivity contribution in [1.29, 1.82) is 0 Å². The van der Waals surface area contributed by atoms with E-state index in [9.17, 15) is 8.78 Å². The molecule has 0 atom stereocenters. The molecule has 0 N–H and O–H groups in total. The first-order valence-corrected chi connectivity index (χ1v) is 4.72. The molecule has 1 rings (SSSR count). The number of hydrogen-bond acceptors (Lipinski definition) is 0. The minimum Gasteiger partial charge on any atom is -0.246 e. The first kappa shape index (κ1) is 9.65. The molecule has 0 fully saturated rings. The van der Waals surface area contributed by atoms with Crippen molar-refractivity contribution in [3.63, 3.8) is 0 Å². The van der Waals surface area contributed by atoms with E-state index in [1.54, 1.807) is 18.2 Å². The normalized spacial score (nSPS) is 10.2. The maximum atomic E-state index is 12.3. The molecule has 0 saturated heterocycles. The van der Waals surface area contributed by atoms with Crippen molar-refractivity contribution in [2.75, 3.05) is 0 Å². The van der Waals surface area contributed by atoms with Gasteiger partial charge in [-0.1, -0.05) is 34.1 Å². The molecule has 66 valence electrons. The summed E-state index contributed by atoms with van der Waals surface area (Å²) in [7, 11) is 0. The van der Waals surface area contributed by atoms with Crippen LogP contribution in [0.3, 0.4) is 0 Å². The first-order valence-electron chi connectivity index (χ1n) is 3.60. The predicted octanol–water partition coefficient (Wildman–Crippen LogP) is 3.52. The number of benzene rings is 1. The van der Waals surface area contributed by atoms with Gasteiger partial charge >= 0.3 is 0 Å². The Labute approximate surface area is 78.7 Å². The van der Waals surface area contributed by atoms with Gasteiger partial charge in [0.1, 0.15) is 13.3 Å². The Morgan fingerprint density at radius 3 is 2.25 bits per heavy atom. The monoisotopic (exact) mass is 234 g/mol. The fraction of sp³-hybridized carbons (Fsp3) is 0.333. The second kappa shape index (κ2) is 4.55. The number of alkyl halides is 3. The van der Waals surface area contributed by atoms with Crippen molar-refractivity contribution < 1.29 is 8.78 Å². The molecule has 1 aromatic rings. The van der Waals surface area contributed by atoms with Crippen LogP contribution in [0, 0.1) is 0 Å². The Balaban J connectivity index is 3.02. The molecule has 0 heterocycles. The van der Waals surface area contributed by atoms with Crippen molar-refractivity contribution in [3.8, 4) is 0 Å². The largest absolute Gasteiger partial charge is 0.246 e.